The van der Waals surface area contributed by atoms with Crippen molar-refractivity contribution < 1.29 is 19.1 Å². The summed E-state index contributed by atoms with van der Waals surface area (Å²) in [4.78, 5) is 23.5. The van der Waals surface area contributed by atoms with Gasteiger partial charge < -0.3 is 9.47 Å². The third-order valence-electron chi connectivity index (χ3n) is 2.70. The Morgan fingerprint density at radius 1 is 0.840 bits per heavy atom. The number of rotatable bonds is 14. The zero-order chi connectivity index (χ0) is 19.2. The maximum Gasteiger partial charge on any atom is 0.334 e. The lowest BCUT2D eigenvalue weighted by Crippen LogP contribution is -2.22. The Kier molecular flexibility index (Phi) is 14.3. The third kappa shape index (κ3) is 12.5. The van der Waals surface area contributed by atoms with Gasteiger partial charge in [-0.3, -0.25) is 0 Å². The Morgan fingerprint density at radius 2 is 1.20 bits per heavy atom. The molecular formula is C18H30O4S3. The fraction of sp³-hybridized carbons (Fsp3) is 0.667. The monoisotopic (exact) mass is 406 g/mol. The van der Waals surface area contributed by atoms with E-state index in [0.717, 1.165) is 24.3 Å². The molecule has 0 aromatic heterocycles. The van der Waals surface area contributed by atoms with Crippen molar-refractivity contribution in [2.75, 3.05) is 23.0 Å². The molecule has 4 nitrogen and oxygen atoms in total. The Labute approximate surface area is 164 Å². The smallest absolute Gasteiger partial charge is 0.334 e. The number of hydrogen-bond donors (Lipinski definition) is 0. The topological polar surface area (TPSA) is 52.6 Å². The first-order valence-corrected chi connectivity index (χ1v) is 11.6. The second-order valence-corrected chi connectivity index (χ2v) is 9.12. The molecule has 0 saturated heterocycles. The van der Waals surface area contributed by atoms with E-state index in [1.165, 1.54) is 0 Å². The van der Waals surface area contributed by atoms with Gasteiger partial charge in [0.15, 0.2) is 10.9 Å². The molecule has 7 heteroatoms. The highest BCUT2D eigenvalue weighted by Gasteiger charge is 2.19. The molecule has 0 N–H and O–H groups in total. The number of hydrogen-bond acceptors (Lipinski definition) is 7. The minimum Gasteiger partial charge on any atom is -0.447 e. The van der Waals surface area contributed by atoms with Gasteiger partial charge >= 0.3 is 11.9 Å². The lowest BCUT2D eigenvalue weighted by molar-refractivity contribution is -0.140. The zero-order valence-electron chi connectivity index (χ0n) is 15.7. The highest BCUT2D eigenvalue weighted by molar-refractivity contribution is 8.04. The van der Waals surface area contributed by atoms with Gasteiger partial charge in [-0.2, -0.15) is 11.8 Å². The van der Waals surface area contributed by atoms with Gasteiger partial charge in [-0.25, -0.2) is 9.59 Å². The molecule has 0 radical (unpaired) electrons. The van der Waals surface area contributed by atoms with E-state index in [4.69, 9.17) is 9.47 Å². The molecule has 0 rings (SSSR count). The van der Waals surface area contributed by atoms with Crippen LogP contribution in [-0.2, 0) is 19.1 Å². The van der Waals surface area contributed by atoms with Crippen molar-refractivity contribution in [1.29, 1.82) is 0 Å². The van der Waals surface area contributed by atoms with E-state index < -0.39 is 0 Å². The average Bonchev–Trinajstić information content (AvgIpc) is 2.56. The molecule has 0 aliphatic carbocycles. The highest BCUT2D eigenvalue weighted by atomic mass is 32.2. The van der Waals surface area contributed by atoms with Crippen LogP contribution in [0, 0.1) is 0 Å². The Hall–Kier alpha value is -0.530. The molecule has 0 saturated carbocycles. The van der Waals surface area contributed by atoms with Gasteiger partial charge in [0.25, 0.3) is 0 Å². The van der Waals surface area contributed by atoms with Crippen LogP contribution in [0.25, 0.3) is 0 Å². The van der Waals surface area contributed by atoms with Crippen LogP contribution in [0.5, 0.6) is 0 Å². The van der Waals surface area contributed by atoms with Gasteiger partial charge in [-0.05, 0) is 38.2 Å². The maximum absolute atomic E-state index is 11.7. The molecule has 0 spiro atoms. The Balaban J connectivity index is 4.53. The van der Waals surface area contributed by atoms with E-state index in [2.05, 4.69) is 27.0 Å². The van der Waals surface area contributed by atoms with Gasteiger partial charge in [-0.15, -0.1) is 23.5 Å². The minimum atomic E-state index is -0.361. The van der Waals surface area contributed by atoms with Gasteiger partial charge in [0.1, 0.15) is 0 Å². The van der Waals surface area contributed by atoms with Gasteiger partial charge in [0.2, 0.25) is 0 Å². The largest absolute Gasteiger partial charge is 0.447 e. The maximum atomic E-state index is 11.7. The summed E-state index contributed by atoms with van der Waals surface area (Å²) >= 11 is 4.87. The van der Waals surface area contributed by atoms with Crippen molar-refractivity contribution >= 4 is 47.2 Å². The van der Waals surface area contributed by atoms with E-state index in [1.807, 2.05) is 0 Å². The number of esters is 2. The van der Waals surface area contributed by atoms with Gasteiger partial charge in [-0.1, -0.05) is 27.0 Å². The predicted octanol–water partition coefficient (Wildman–Crippen LogP) is 4.90. The van der Waals surface area contributed by atoms with Gasteiger partial charge in [0, 0.05) is 22.7 Å². The molecule has 0 bridgehead atoms. The fourth-order valence-electron chi connectivity index (χ4n) is 1.43. The van der Waals surface area contributed by atoms with Crippen LogP contribution in [0.15, 0.2) is 24.3 Å². The second kappa shape index (κ2) is 14.6. The molecular weight excluding hydrogens is 376 g/mol. The summed E-state index contributed by atoms with van der Waals surface area (Å²) in [6.07, 6.45) is 2.03. The lowest BCUT2D eigenvalue weighted by atomic mass is 10.4. The predicted molar refractivity (Wildman–Crippen MR) is 112 cm³/mol. The van der Waals surface area contributed by atoms with Crippen molar-refractivity contribution in [3.8, 4) is 0 Å². The van der Waals surface area contributed by atoms with Gasteiger partial charge in [0.05, 0.1) is 0 Å². The summed E-state index contributed by atoms with van der Waals surface area (Å²) in [5.41, 5.74) is 0.364. The molecule has 0 fully saturated rings. The van der Waals surface area contributed by atoms with E-state index in [-0.39, 0.29) is 22.8 Å². The van der Waals surface area contributed by atoms with Crippen LogP contribution in [-0.4, -0.2) is 45.8 Å². The van der Waals surface area contributed by atoms with Crippen molar-refractivity contribution in [2.45, 2.75) is 51.4 Å². The molecule has 0 aromatic carbocycles. The Bertz CT molecular complexity index is 412. The van der Waals surface area contributed by atoms with Crippen molar-refractivity contribution in [1.82, 2.24) is 0 Å². The third-order valence-corrected chi connectivity index (χ3v) is 6.75. The summed E-state index contributed by atoms with van der Waals surface area (Å²) in [6, 6.07) is 0. The van der Waals surface area contributed by atoms with Crippen LogP contribution in [0.4, 0.5) is 0 Å². The number of ether oxygens (including phenoxy) is 2. The van der Waals surface area contributed by atoms with E-state index in [9.17, 15) is 9.59 Å². The van der Waals surface area contributed by atoms with Crippen molar-refractivity contribution in [3.63, 3.8) is 0 Å². The molecule has 0 aliphatic rings. The average molecular weight is 407 g/mol. The molecule has 2 atom stereocenters. The standard InChI is InChI=1S/C18H30O4S3/c1-7-9-24-15(21-17(19)13(3)4)11-23-12-16(25-10-8-2)22-18(20)14(5)6/h15-16H,3,5,7-12H2,1-2,4,6H3. The molecule has 0 amide bonds. The Morgan fingerprint density at radius 3 is 1.48 bits per heavy atom. The lowest BCUT2D eigenvalue weighted by Gasteiger charge is -2.20. The molecule has 2 unspecified atom stereocenters. The minimum absolute atomic E-state index is 0.220. The van der Waals surface area contributed by atoms with Crippen LogP contribution in [0.1, 0.15) is 40.5 Å². The quantitative estimate of drug-likeness (QED) is 0.231. The van der Waals surface area contributed by atoms with Crippen molar-refractivity contribution in [2.24, 2.45) is 0 Å². The molecule has 0 heterocycles. The first kappa shape index (κ1) is 24.5. The SMILES string of the molecule is C=C(C)C(=O)OC(CSCC(OC(=O)C(=C)C)SCCC)SCCC. The van der Waals surface area contributed by atoms with Crippen LogP contribution < -0.4 is 0 Å². The first-order chi connectivity index (χ1) is 11.8. The molecule has 0 aliphatic heterocycles. The van der Waals surface area contributed by atoms with E-state index in [0.29, 0.717) is 22.7 Å². The number of carbonyl (C=O) groups is 2. The zero-order valence-corrected chi connectivity index (χ0v) is 18.1. The summed E-state index contributed by atoms with van der Waals surface area (Å²) in [7, 11) is 0. The fourth-order valence-corrected chi connectivity index (χ4v) is 4.74. The van der Waals surface area contributed by atoms with Crippen LogP contribution in [0.3, 0.4) is 0 Å². The molecule has 144 valence electrons. The summed E-state index contributed by atoms with van der Waals surface area (Å²) < 4.78 is 10.9. The second-order valence-electron chi connectivity index (χ2n) is 5.51. The van der Waals surface area contributed by atoms with Crippen LogP contribution >= 0.6 is 35.3 Å². The summed E-state index contributed by atoms with van der Waals surface area (Å²) in [5, 5.41) is 0. The molecule has 0 aromatic rings. The van der Waals surface area contributed by atoms with Crippen LogP contribution in [0.2, 0.25) is 0 Å². The highest BCUT2D eigenvalue weighted by Crippen LogP contribution is 2.24. The van der Waals surface area contributed by atoms with E-state index in [1.54, 1.807) is 49.1 Å². The van der Waals surface area contributed by atoms with Crippen molar-refractivity contribution in [3.05, 3.63) is 24.3 Å². The number of thioether (sulfide) groups is 3. The summed E-state index contributed by atoms with van der Waals surface area (Å²) in [6.45, 7) is 14.7. The number of carbonyl (C=O) groups excluding carboxylic acids is 2. The summed E-state index contributed by atoms with van der Waals surface area (Å²) in [5.74, 6) is 2.43. The normalized spacial score (nSPS) is 13.0. The first-order valence-electron chi connectivity index (χ1n) is 8.35. The van der Waals surface area contributed by atoms with E-state index >= 15 is 0 Å². The molecule has 25 heavy (non-hydrogen) atoms.